The average molecular weight is 401 g/mol. The minimum absolute atomic E-state index is 0.0879. The van der Waals surface area contributed by atoms with E-state index < -0.39 is 6.04 Å². The Kier molecular flexibility index (Phi) is 5.66. The number of ether oxygens (including phenoxy) is 2. The summed E-state index contributed by atoms with van der Waals surface area (Å²) in [6, 6.07) is 21.0. The van der Waals surface area contributed by atoms with Crippen LogP contribution in [0.1, 0.15) is 17.4 Å². The Morgan fingerprint density at radius 2 is 1.77 bits per heavy atom. The second-order valence-corrected chi connectivity index (χ2v) is 6.97. The van der Waals surface area contributed by atoms with Crippen LogP contribution in [0.4, 0.5) is 0 Å². The van der Waals surface area contributed by atoms with Crippen molar-refractivity contribution in [3.63, 3.8) is 0 Å². The van der Waals surface area contributed by atoms with Crippen LogP contribution in [0, 0.1) is 0 Å². The Bertz CT molecular complexity index is 1150. The monoisotopic (exact) mass is 401 g/mol. The quantitative estimate of drug-likeness (QED) is 0.511. The predicted molar refractivity (Wildman–Crippen MR) is 116 cm³/mol. The largest absolute Gasteiger partial charge is 0.497 e. The highest BCUT2D eigenvalue weighted by Crippen LogP contribution is 2.23. The van der Waals surface area contributed by atoms with Gasteiger partial charge in [0.05, 0.1) is 7.11 Å². The van der Waals surface area contributed by atoms with E-state index in [1.807, 2.05) is 84.5 Å². The topological polar surface area (TPSA) is 65.4 Å². The first-order chi connectivity index (χ1) is 14.6. The molecule has 0 fully saturated rings. The van der Waals surface area contributed by atoms with Crippen LogP contribution >= 0.6 is 0 Å². The van der Waals surface area contributed by atoms with Crippen molar-refractivity contribution in [2.45, 2.75) is 6.04 Å². The molecule has 0 bridgehead atoms. The minimum Gasteiger partial charge on any atom is -0.497 e. The van der Waals surface area contributed by atoms with E-state index in [9.17, 15) is 4.79 Å². The van der Waals surface area contributed by atoms with E-state index in [1.54, 1.807) is 13.3 Å². The van der Waals surface area contributed by atoms with E-state index in [-0.39, 0.29) is 12.5 Å². The van der Waals surface area contributed by atoms with E-state index in [1.165, 1.54) is 0 Å². The maximum atomic E-state index is 12.7. The Morgan fingerprint density at radius 1 is 1.03 bits per heavy atom. The second kappa shape index (κ2) is 8.69. The van der Waals surface area contributed by atoms with Gasteiger partial charge in [-0.1, -0.05) is 42.5 Å². The molecule has 0 saturated heterocycles. The molecule has 1 aromatic heterocycles. The molecule has 1 heterocycles. The summed E-state index contributed by atoms with van der Waals surface area (Å²) in [6.45, 7) is -0.0879. The molecule has 0 radical (unpaired) electrons. The number of carbonyl (C=O) groups excluding carboxylic acids is 1. The lowest BCUT2D eigenvalue weighted by atomic mass is 10.1. The van der Waals surface area contributed by atoms with Gasteiger partial charge in [-0.15, -0.1) is 0 Å². The zero-order chi connectivity index (χ0) is 20.9. The number of hydrogen-bond acceptors (Lipinski definition) is 4. The summed E-state index contributed by atoms with van der Waals surface area (Å²) in [5.74, 6) is 1.91. The van der Waals surface area contributed by atoms with E-state index in [0.717, 1.165) is 27.9 Å². The number of nitrogens with one attached hydrogen (secondary N) is 1. The van der Waals surface area contributed by atoms with Crippen molar-refractivity contribution in [2.24, 2.45) is 7.05 Å². The Hall–Kier alpha value is -3.80. The van der Waals surface area contributed by atoms with Gasteiger partial charge >= 0.3 is 0 Å². The normalized spacial score (nSPS) is 11.8. The smallest absolute Gasteiger partial charge is 0.258 e. The molecule has 4 aromatic rings. The first kappa shape index (κ1) is 19.5. The number of imidazole rings is 1. The van der Waals surface area contributed by atoms with E-state index >= 15 is 0 Å². The first-order valence-corrected chi connectivity index (χ1v) is 9.66. The lowest BCUT2D eigenvalue weighted by Crippen LogP contribution is -2.34. The highest BCUT2D eigenvalue weighted by atomic mass is 16.5. The molecule has 152 valence electrons. The summed E-state index contributed by atoms with van der Waals surface area (Å²) in [4.78, 5) is 17.1. The Balaban J connectivity index is 1.48. The number of amides is 1. The number of hydrogen-bond donors (Lipinski definition) is 1. The molecule has 6 nitrogen and oxygen atoms in total. The van der Waals surface area contributed by atoms with Crippen molar-refractivity contribution >= 4 is 16.7 Å². The van der Waals surface area contributed by atoms with Gasteiger partial charge in [-0.2, -0.15) is 0 Å². The summed E-state index contributed by atoms with van der Waals surface area (Å²) >= 11 is 0. The van der Waals surface area contributed by atoms with Crippen molar-refractivity contribution in [3.8, 4) is 11.5 Å². The molecule has 1 amide bonds. The Morgan fingerprint density at radius 3 is 2.47 bits per heavy atom. The van der Waals surface area contributed by atoms with Gasteiger partial charge in [0.1, 0.15) is 23.4 Å². The maximum Gasteiger partial charge on any atom is 0.258 e. The number of rotatable bonds is 7. The highest BCUT2D eigenvalue weighted by molar-refractivity contribution is 5.84. The standard InChI is InChI=1S/C24H23N3O3/c1-27-14-13-25-24(27)23(18-8-10-20(29-2)11-9-18)26-22(28)16-30-21-12-7-17-5-3-4-6-19(17)15-21/h3-15,23H,16H2,1-2H3,(H,26,28). The van der Waals surface area contributed by atoms with E-state index in [0.29, 0.717) is 5.75 Å². The molecule has 4 rings (SSSR count). The van der Waals surface area contributed by atoms with Gasteiger partial charge in [0.2, 0.25) is 0 Å². The van der Waals surface area contributed by atoms with Crippen LogP contribution in [0.25, 0.3) is 10.8 Å². The third-order valence-corrected chi connectivity index (χ3v) is 4.96. The fourth-order valence-corrected chi connectivity index (χ4v) is 3.36. The lowest BCUT2D eigenvalue weighted by molar-refractivity contribution is -0.123. The summed E-state index contributed by atoms with van der Waals surface area (Å²) in [6.07, 6.45) is 3.56. The number of fused-ring (bicyclic) bond motifs is 1. The molecular weight excluding hydrogens is 378 g/mol. The molecule has 0 aliphatic rings. The summed E-state index contributed by atoms with van der Waals surface area (Å²) in [7, 11) is 3.52. The highest BCUT2D eigenvalue weighted by Gasteiger charge is 2.21. The molecule has 0 aliphatic heterocycles. The first-order valence-electron chi connectivity index (χ1n) is 9.66. The SMILES string of the molecule is COc1ccc(C(NC(=O)COc2ccc3ccccc3c2)c2nccn2C)cc1. The minimum atomic E-state index is -0.399. The number of aryl methyl sites for hydroxylation is 1. The van der Waals surface area contributed by atoms with Crippen molar-refractivity contribution < 1.29 is 14.3 Å². The molecule has 0 saturated carbocycles. The number of methoxy groups -OCH3 is 1. The molecule has 1 unspecified atom stereocenters. The Labute approximate surface area is 175 Å². The van der Waals surface area contributed by atoms with Gasteiger partial charge in [-0.3, -0.25) is 4.79 Å². The number of carbonyl (C=O) groups is 1. The number of aromatic nitrogens is 2. The van der Waals surface area contributed by atoms with Gasteiger partial charge in [-0.25, -0.2) is 4.98 Å². The van der Waals surface area contributed by atoms with Crippen LogP contribution in [0.5, 0.6) is 11.5 Å². The van der Waals surface area contributed by atoms with Crippen LogP contribution in [0.3, 0.4) is 0 Å². The molecule has 6 heteroatoms. The molecule has 1 atom stereocenters. The van der Waals surface area contributed by atoms with Gasteiger partial charge in [0.15, 0.2) is 6.61 Å². The van der Waals surface area contributed by atoms with E-state index in [4.69, 9.17) is 9.47 Å². The molecule has 1 N–H and O–H groups in total. The van der Waals surface area contributed by atoms with Crippen LogP contribution in [0.2, 0.25) is 0 Å². The molecular formula is C24H23N3O3. The van der Waals surface area contributed by atoms with Gasteiger partial charge < -0.3 is 19.4 Å². The maximum absolute atomic E-state index is 12.7. The molecule has 0 spiro atoms. The van der Waals surface area contributed by atoms with Crippen LogP contribution in [-0.2, 0) is 11.8 Å². The number of nitrogens with zero attached hydrogens (tertiary/aromatic N) is 2. The third-order valence-electron chi connectivity index (χ3n) is 4.96. The third kappa shape index (κ3) is 4.27. The van der Waals surface area contributed by atoms with Gasteiger partial charge in [-0.05, 0) is 40.6 Å². The summed E-state index contributed by atoms with van der Waals surface area (Å²) in [5.41, 5.74) is 0.907. The fourth-order valence-electron chi connectivity index (χ4n) is 3.36. The van der Waals surface area contributed by atoms with Gasteiger partial charge in [0.25, 0.3) is 5.91 Å². The van der Waals surface area contributed by atoms with Crippen molar-refractivity contribution in [1.82, 2.24) is 14.9 Å². The van der Waals surface area contributed by atoms with Crippen molar-refractivity contribution in [3.05, 3.63) is 90.5 Å². The lowest BCUT2D eigenvalue weighted by Gasteiger charge is -2.19. The fraction of sp³-hybridized carbons (Fsp3) is 0.167. The van der Waals surface area contributed by atoms with Crippen molar-refractivity contribution in [1.29, 1.82) is 0 Å². The second-order valence-electron chi connectivity index (χ2n) is 6.97. The zero-order valence-electron chi connectivity index (χ0n) is 16.9. The predicted octanol–water partition coefficient (Wildman–Crippen LogP) is 3.87. The van der Waals surface area contributed by atoms with E-state index in [2.05, 4.69) is 10.3 Å². The molecule has 30 heavy (non-hydrogen) atoms. The van der Waals surface area contributed by atoms with Gasteiger partial charge in [0, 0.05) is 19.4 Å². The molecule has 0 aliphatic carbocycles. The van der Waals surface area contributed by atoms with Crippen LogP contribution in [0.15, 0.2) is 79.1 Å². The van der Waals surface area contributed by atoms with Crippen LogP contribution < -0.4 is 14.8 Å². The summed E-state index contributed by atoms with van der Waals surface area (Å²) < 4.78 is 12.9. The molecule has 3 aromatic carbocycles. The zero-order valence-corrected chi connectivity index (χ0v) is 16.9. The van der Waals surface area contributed by atoms with Crippen molar-refractivity contribution in [2.75, 3.05) is 13.7 Å². The summed E-state index contributed by atoms with van der Waals surface area (Å²) in [5, 5.41) is 5.23. The number of benzene rings is 3. The average Bonchev–Trinajstić information content (AvgIpc) is 3.21. The van der Waals surface area contributed by atoms with Crippen LogP contribution in [-0.4, -0.2) is 29.2 Å².